The number of nitrogens with one attached hydrogen (secondary N) is 1. The summed E-state index contributed by atoms with van der Waals surface area (Å²) >= 11 is 1.93. The fourth-order valence-electron chi connectivity index (χ4n) is 1.84. The van der Waals surface area contributed by atoms with E-state index >= 15 is 0 Å². The summed E-state index contributed by atoms with van der Waals surface area (Å²) in [7, 11) is 0. The number of nitrogens with zero attached hydrogens (tertiary/aromatic N) is 3. The summed E-state index contributed by atoms with van der Waals surface area (Å²) in [5.74, 6) is 6.59. The highest BCUT2D eigenvalue weighted by Crippen LogP contribution is 2.22. The first kappa shape index (κ1) is 13.1. The number of rotatable bonds is 3. The zero-order chi connectivity index (χ0) is 13.0. The highest BCUT2D eigenvalue weighted by Gasteiger charge is 2.24. The Morgan fingerprint density at radius 3 is 3.06 bits per heavy atom. The number of anilines is 1. The molecule has 1 saturated heterocycles. The minimum Gasteiger partial charge on any atom is -0.335 e. The Balaban J connectivity index is 2.05. The van der Waals surface area contributed by atoms with Gasteiger partial charge in [0, 0.05) is 24.1 Å². The molecule has 2 heterocycles. The smallest absolute Gasteiger partial charge is 0.274 e. The summed E-state index contributed by atoms with van der Waals surface area (Å²) in [5.41, 5.74) is 2.76. The summed E-state index contributed by atoms with van der Waals surface area (Å²) < 4.78 is 0. The van der Waals surface area contributed by atoms with Gasteiger partial charge in [0.05, 0.1) is 0 Å². The minimum atomic E-state index is -0.0511. The highest BCUT2D eigenvalue weighted by atomic mass is 32.2. The SMILES string of the molecule is CCC1CN(C(=O)c2ccc(NN)nn2)CCS1. The Labute approximate surface area is 110 Å². The van der Waals surface area contributed by atoms with Crippen molar-refractivity contribution in [2.45, 2.75) is 18.6 Å². The predicted molar refractivity (Wildman–Crippen MR) is 72.3 cm³/mol. The van der Waals surface area contributed by atoms with Crippen molar-refractivity contribution in [3.05, 3.63) is 17.8 Å². The molecule has 6 nitrogen and oxygen atoms in total. The number of nitrogen functional groups attached to an aromatic ring is 1. The van der Waals surface area contributed by atoms with Gasteiger partial charge in [-0.15, -0.1) is 10.2 Å². The van der Waals surface area contributed by atoms with E-state index in [4.69, 9.17) is 5.84 Å². The quantitative estimate of drug-likeness (QED) is 0.620. The lowest BCUT2D eigenvalue weighted by Gasteiger charge is -2.31. The number of hydrogen-bond donors (Lipinski definition) is 2. The third-order valence-electron chi connectivity index (χ3n) is 2.91. The van der Waals surface area contributed by atoms with E-state index in [0.717, 1.165) is 25.3 Å². The second-order valence-corrected chi connectivity index (χ2v) is 5.51. The molecule has 0 spiro atoms. The number of amides is 1. The molecule has 0 saturated carbocycles. The van der Waals surface area contributed by atoms with Crippen molar-refractivity contribution in [2.75, 3.05) is 24.3 Å². The van der Waals surface area contributed by atoms with Gasteiger partial charge in [0.1, 0.15) is 0 Å². The Kier molecular flexibility index (Phi) is 4.38. The van der Waals surface area contributed by atoms with E-state index in [2.05, 4.69) is 22.5 Å². The minimum absolute atomic E-state index is 0.0511. The van der Waals surface area contributed by atoms with Gasteiger partial charge in [-0.2, -0.15) is 11.8 Å². The van der Waals surface area contributed by atoms with Crippen molar-refractivity contribution < 1.29 is 4.79 Å². The Morgan fingerprint density at radius 1 is 1.61 bits per heavy atom. The van der Waals surface area contributed by atoms with Gasteiger partial charge in [-0.1, -0.05) is 6.92 Å². The summed E-state index contributed by atoms with van der Waals surface area (Å²) in [4.78, 5) is 14.1. The van der Waals surface area contributed by atoms with Crippen LogP contribution in [0.25, 0.3) is 0 Å². The molecule has 3 N–H and O–H groups in total. The van der Waals surface area contributed by atoms with Crippen molar-refractivity contribution in [3.63, 3.8) is 0 Å². The predicted octanol–water partition coefficient (Wildman–Crippen LogP) is 0.730. The zero-order valence-corrected chi connectivity index (χ0v) is 11.1. The van der Waals surface area contributed by atoms with Gasteiger partial charge in [-0.05, 0) is 18.6 Å². The van der Waals surface area contributed by atoms with Crippen LogP contribution < -0.4 is 11.3 Å². The molecule has 1 aromatic rings. The number of hydrazine groups is 1. The fourth-order valence-corrected chi connectivity index (χ4v) is 3.02. The third kappa shape index (κ3) is 2.91. The van der Waals surface area contributed by atoms with Crippen molar-refractivity contribution >= 4 is 23.5 Å². The van der Waals surface area contributed by atoms with E-state index in [1.807, 2.05) is 16.7 Å². The molecule has 0 aliphatic carbocycles. The highest BCUT2D eigenvalue weighted by molar-refractivity contribution is 8.00. The summed E-state index contributed by atoms with van der Waals surface area (Å²) in [6.07, 6.45) is 1.08. The molecule has 0 bridgehead atoms. The molecule has 18 heavy (non-hydrogen) atoms. The van der Waals surface area contributed by atoms with Crippen LogP contribution in [0, 0.1) is 0 Å². The lowest BCUT2D eigenvalue weighted by molar-refractivity contribution is 0.0754. The van der Waals surface area contributed by atoms with Crippen molar-refractivity contribution in [2.24, 2.45) is 5.84 Å². The second-order valence-electron chi connectivity index (χ2n) is 4.10. The molecular weight excluding hydrogens is 250 g/mol. The van der Waals surface area contributed by atoms with E-state index in [-0.39, 0.29) is 5.91 Å². The van der Waals surface area contributed by atoms with Crippen LogP contribution in [0.3, 0.4) is 0 Å². The average Bonchev–Trinajstić information content (AvgIpc) is 2.46. The number of carbonyl (C=O) groups excluding carboxylic acids is 1. The lowest BCUT2D eigenvalue weighted by Crippen LogP contribution is -2.42. The van der Waals surface area contributed by atoms with Crippen LogP contribution in [-0.2, 0) is 0 Å². The topological polar surface area (TPSA) is 84.1 Å². The largest absolute Gasteiger partial charge is 0.335 e. The van der Waals surface area contributed by atoms with E-state index < -0.39 is 0 Å². The van der Waals surface area contributed by atoms with Crippen LogP contribution in [0.15, 0.2) is 12.1 Å². The fraction of sp³-hybridized carbons (Fsp3) is 0.545. The van der Waals surface area contributed by atoms with E-state index in [1.54, 1.807) is 12.1 Å². The first-order valence-corrected chi connectivity index (χ1v) is 7.00. The Hall–Kier alpha value is -1.34. The molecule has 98 valence electrons. The molecule has 1 atom stereocenters. The first-order chi connectivity index (χ1) is 8.74. The molecule has 0 radical (unpaired) electrons. The maximum atomic E-state index is 12.2. The summed E-state index contributed by atoms with van der Waals surface area (Å²) in [5, 5.41) is 8.23. The van der Waals surface area contributed by atoms with Crippen LogP contribution >= 0.6 is 11.8 Å². The van der Waals surface area contributed by atoms with Gasteiger partial charge in [0.25, 0.3) is 5.91 Å². The molecule has 1 amide bonds. The maximum Gasteiger partial charge on any atom is 0.274 e. The lowest BCUT2D eigenvalue weighted by atomic mass is 10.2. The van der Waals surface area contributed by atoms with E-state index in [1.165, 1.54) is 0 Å². The van der Waals surface area contributed by atoms with Crippen molar-refractivity contribution in [1.29, 1.82) is 0 Å². The molecule has 1 fully saturated rings. The van der Waals surface area contributed by atoms with Gasteiger partial charge < -0.3 is 10.3 Å². The molecular formula is C11H17N5OS. The van der Waals surface area contributed by atoms with Crippen molar-refractivity contribution in [1.82, 2.24) is 15.1 Å². The summed E-state index contributed by atoms with van der Waals surface area (Å²) in [6.45, 7) is 3.71. The van der Waals surface area contributed by atoms with Gasteiger partial charge in [0.2, 0.25) is 0 Å². The number of aromatic nitrogens is 2. The Bertz CT molecular complexity index is 410. The molecule has 2 rings (SSSR count). The van der Waals surface area contributed by atoms with Gasteiger partial charge in [0.15, 0.2) is 11.5 Å². The van der Waals surface area contributed by atoms with Gasteiger partial charge >= 0.3 is 0 Å². The molecule has 1 unspecified atom stereocenters. The van der Waals surface area contributed by atoms with E-state index in [9.17, 15) is 4.79 Å². The van der Waals surface area contributed by atoms with Crippen LogP contribution in [0.4, 0.5) is 5.82 Å². The zero-order valence-electron chi connectivity index (χ0n) is 10.3. The van der Waals surface area contributed by atoms with Gasteiger partial charge in [-0.3, -0.25) is 4.79 Å². The molecule has 1 aliphatic heterocycles. The van der Waals surface area contributed by atoms with Crippen LogP contribution in [0.5, 0.6) is 0 Å². The van der Waals surface area contributed by atoms with Gasteiger partial charge in [-0.25, -0.2) is 5.84 Å². The molecule has 0 aromatic carbocycles. The third-order valence-corrected chi connectivity index (χ3v) is 4.28. The molecule has 7 heteroatoms. The maximum absolute atomic E-state index is 12.2. The van der Waals surface area contributed by atoms with Crippen molar-refractivity contribution in [3.8, 4) is 0 Å². The Morgan fingerprint density at radius 2 is 2.44 bits per heavy atom. The van der Waals surface area contributed by atoms with Crippen LogP contribution in [0.1, 0.15) is 23.8 Å². The van der Waals surface area contributed by atoms with Crippen LogP contribution in [-0.4, -0.2) is 45.1 Å². The monoisotopic (exact) mass is 267 g/mol. The molecule has 1 aliphatic rings. The summed E-state index contributed by atoms with van der Waals surface area (Å²) in [6, 6.07) is 3.30. The first-order valence-electron chi connectivity index (χ1n) is 5.95. The normalized spacial score (nSPS) is 19.7. The number of nitrogens with two attached hydrogens (primary N) is 1. The van der Waals surface area contributed by atoms with Crippen LogP contribution in [0.2, 0.25) is 0 Å². The molecule has 1 aromatic heterocycles. The average molecular weight is 267 g/mol. The number of hydrogen-bond acceptors (Lipinski definition) is 6. The number of thioether (sulfide) groups is 1. The number of carbonyl (C=O) groups is 1. The standard InChI is InChI=1S/C11H17N5OS/c1-2-8-7-16(5-6-18-8)11(17)9-3-4-10(13-12)15-14-9/h3-4,8H,2,5-7,12H2,1H3,(H,13,15). The second kappa shape index (κ2) is 6.01. The van der Waals surface area contributed by atoms with E-state index in [0.29, 0.717) is 16.8 Å².